The number of nitrogens with zero attached hydrogens (tertiary/aromatic N) is 1. The fourth-order valence-corrected chi connectivity index (χ4v) is 5.98. The van der Waals surface area contributed by atoms with Crippen molar-refractivity contribution in [2.24, 2.45) is 0 Å². The summed E-state index contributed by atoms with van der Waals surface area (Å²) in [4.78, 5) is 2.24. The molecule has 2 heterocycles. The predicted molar refractivity (Wildman–Crippen MR) is 130 cm³/mol. The van der Waals surface area contributed by atoms with Crippen LogP contribution in [-0.2, 0) is 16.4 Å². The van der Waals surface area contributed by atoms with Crippen molar-refractivity contribution in [2.75, 3.05) is 36.9 Å². The maximum absolute atomic E-state index is 12.1. The summed E-state index contributed by atoms with van der Waals surface area (Å²) in [5.41, 5.74) is 3.70. The lowest BCUT2D eigenvalue weighted by molar-refractivity contribution is 0.212. The first-order valence-corrected chi connectivity index (χ1v) is 13.4. The summed E-state index contributed by atoms with van der Waals surface area (Å²) in [5, 5.41) is 3.69. The fourth-order valence-electron chi connectivity index (χ4n) is 4.66. The van der Waals surface area contributed by atoms with E-state index in [4.69, 9.17) is 4.74 Å². The zero-order chi connectivity index (χ0) is 22.6. The van der Waals surface area contributed by atoms with Gasteiger partial charge in [-0.25, -0.2) is 13.1 Å². The van der Waals surface area contributed by atoms with Crippen LogP contribution in [0.1, 0.15) is 43.7 Å². The highest BCUT2D eigenvalue weighted by molar-refractivity contribution is 7.89. The Kier molecular flexibility index (Phi) is 7.38. The van der Waals surface area contributed by atoms with Crippen LogP contribution in [0.3, 0.4) is 0 Å². The van der Waals surface area contributed by atoms with E-state index in [9.17, 15) is 8.42 Å². The van der Waals surface area contributed by atoms with Gasteiger partial charge in [0.2, 0.25) is 10.0 Å². The van der Waals surface area contributed by atoms with Crippen molar-refractivity contribution in [1.82, 2.24) is 10.0 Å². The van der Waals surface area contributed by atoms with E-state index in [1.54, 1.807) is 0 Å². The van der Waals surface area contributed by atoms with Gasteiger partial charge >= 0.3 is 0 Å². The molecule has 2 aromatic rings. The first-order chi connectivity index (χ1) is 15.5. The summed E-state index contributed by atoms with van der Waals surface area (Å²) < 4.78 is 33.1. The maximum atomic E-state index is 12.1. The number of anilines is 1. The van der Waals surface area contributed by atoms with Gasteiger partial charge in [0.15, 0.2) is 0 Å². The minimum absolute atomic E-state index is 0.0158. The van der Waals surface area contributed by atoms with E-state index in [-0.39, 0.29) is 17.8 Å². The van der Waals surface area contributed by atoms with Crippen LogP contribution >= 0.6 is 0 Å². The van der Waals surface area contributed by atoms with Gasteiger partial charge in [0, 0.05) is 36.3 Å². The number of sulfonamides is 1. The van der Waals surface area contributed by atoms with Gasteiger partial charge in [0.05, 0.1) is 11.8 Å². The molecule has 174 valence electrons. The Balaban J connectivity index is 1.51. The number of ether oxygens (including phenoxy) is 1. The molecule has 2 aliphatic rings. The molecule has 0 aromatic heterocycles. The molecule has 0 amide bonds. The highest BCUT2D eigenvalue weighted by Gasteiger charge is 2.34. The molecule has 0 aliphatic carbocycles. The Labute approximate surface area is 192 Å². The summed E-state index contributed by atoms with van der Waals surface area (Å²) in [6.45, 7) is 7.11. The van der Waals surface area contributed by atoms with Gasteiger partial charge in [-0.15, -0.1) is 0 Å². The lowest BCUT2D eigenvalue weighted by Crippen LogP contribution is -2.59. The topological polar surface area (TPSA) is 70.7 Å². The van der Waals surface area contributed by atoms with Gasteiger partial charge in [-0.2, -0.15) is 0 Å². The molecule has 2 aromatic carbocycles. The Bertz CT molecular complexity index is 991. The van der Waals surface area contributed by atoms with Crippen molar-refractivity contribution in [3.63, 3.8) is 0 Å². The van der Waals surface area contributed by atoms with Gasteiger partial charge in [-0.05, 0) is 49.6 Å². The van der Waals surface area contributed by atoms with Crippen LogP contribution in [0.25, 0.3) is 0 Å². The minimum Gasteiger partial charge on any atom is -0.492 e. The highest BCUT2D eigenvalue weighted by Crippen LogP contribution is 2.39. The highest BCUT2D eigenvalue weighted by atomic mass is 32.2. The van der Waals surface area contributed by atoms with Crippen molar-refractivity contribution in [1.29, 1.82) is 0 Å². The van der Waals surface area contributed by atoms with Gasteiger partial charge in [-0.3, -0.25) is 0 Å². The van der Waals surface area contributed by atoms with Crippen molar-refractivity contribution in [3.8, 4) is 5.75 Å². The van der Waals surface area contributed by atoms with Crippen LogP contribution < -0.4 is 19.7 Å². The lowest BCUT2D eigenvalue weighted by Gasteiger charge is -2.42. The molecule has 32 heavy (non-hydrogen) atoms. The fraction of sp³-hybridized carbons (Fsp3) is 0.520. The second-order valence-electron chi connectivity index (χ2n) is 8.93. The quantitative estimate of drug-likeness (QED) is 0.573. The summed E-state index contributed by atoms with van der Waals surface area (Å²) in [6.07, 6.45) is 2.68. The molecule has 1 fully saturated rings. The molecule has 2 unspecified atom stereocenters. The molecule has 2 N–H and O–H groups in total. The molecule has 2 atom stereocenters. The SMILES string of the molecule is CCCNC1COc2ccc(N3CC(NS(=O)(=O)CCC)C3)cc2C1Cc1ccccc1. The third-order valence-corrected chi connectivity index (χ3v) is 7.96. The first-order valence-electron chi connectivity index (χ1n) is 11.8. The van der Waals surface area contributed by atoms with E-state index in [1.165, 1.54) is 11.1 Å². The Morgan fingerprint density at radius 1 is 1.06 bits per heavy atom. The molecule has 1 saturated heterocycles. The van der Waals surface area contributed by atoms with Crippen molar-refractivity contribution < 1.29 is 13.2 Å². The van der Waals surface area contributed by atoms with E-state index in [1.807, 2.05) is 6.92 Å². The largest absolute Gasteiger partial charge is 0.492 e. The summed E-state index contributed by atoms with van der Waals surface area (Å²) >= 11 is 0. The number of hydrogen-bond acceptors (Lipinski definition) is 5. The Morgan fingerprint density at radius 2 is 1.84 bits per heavy atom. The number of hydrogen-bond donors (Lipinski definition) is 2. The van der Waals surface area contributed by atoms with Gasteiger partial charge in [-0.1, -0.05) is 44.2 Å². The number of nitrogens with one attached hydrogen (secondary N) is 2. The standard InChI is InChI=1S/C25H35N3O3S/c1-3-12-26-24-18-31-25-11-10-21(28-16-20(17-28)27-32(29,30)13-4-2)15-23(25)22(24)14-19-8-6-5-7-9-19/h5-11,15,20,22,24,26-27H,3-4,12-14,16-18H2,1-2H3. The molecule has 0 bridgehead atoms. The van der Waals surface area contributed by atoms with Crippen LogP contribution in [0.2, 0.25) is 0 Å². The second-order valence-corrected chi connectivity index (χ2v) is 10.8. The smallest absolute Gasteiger partial charge is 0.211 e. The summed E-state index contributed by atoms with van der Waals surface area (Å²) in [5.74, 6) is 1.48. The van der Waals surface area contributed by atoms with Crippen molar-refractivity contribution in [2.45, 2.75) is 51.1 Å². The molecule has 0 saturated carbocycles. The van der Waals surface area contributed by atoms with Crippen molar-refractivity contribution >= 4 is 15.7 Å². The van der Waals surface area contributed by atoms with Crippen molar-refractivity contribution in [3.05, 3.63) is 59.7 Å². The predicted octanol–water partition coefficient (Wildman–Crippen LogP) is 3.29. The molecule has 2 aliphatic heterocycles. The van der Waals surface area contributed by atoms with E-state index < -0.39 is 10.0 Å². The molecule has 0 radical (unpaired) electrons. The zero-order valence-electron chi connectivity index (χ0n) is 19.1. The molecule has 6 nitrogen and oxygen atoms in total. The first kappa shape index (κ1) is 23.1. The van der Waals surface area contributed by atoms with Crippen LogP contribution in [0.4, 0.5) is 5.69 Å². The summed E-state index contributed by atoms with van der Waals surface area (Å²) in [6, 6.07) is 17.3. The minimum atomic E-state index is -3.18. The zero-order valence-corrected chi connectivity index (χ0v) is 19.9. The molecule has 4 rings (SSSR count). The molecular formula is C25H35N3O3S. The summed E-state index contributed by atoms with van der Waals surface area (Å²) in [7, 11) is -3.18. The Hall–Kier alpha value is -2.09. The second kappa shape index (κ2) is 10.2. The average Bonchev–Trinajstić information content (AvgIpc) is 2.76. The number of fused-ring (bicyclic) bond motifs is 1. The van der Waals surface area contributed by atoms with Gasteiger partial charge in [0.25, 0.3) is 0 Å². The number of rotatable bonds is 10. The van der Waals surface area contributed by atoms with E-state index in [0.717, 1.165) is 30.8 Å². The molecule has 7 heteroatoms. The van der Waals surface area contributed by atoms with Crippen LogP contribution in [0.5, 0.6) is 5.75 Å². The van der Waals surface area contributed by atoms with Crippen LogP contribution in [0.15, 0.2) is 48.5 Å². The number of benzene rings is 2. The van der Waals surface area contributed by atoms with E-state index >= 15 is 0 Å². The monoisotopic (exact) mass is 457 g/mol. The third-order valence-electron chi connectivity index (χ3n) is 6.32. The normalized spacial score (nSPS) is 21.0. The van der Waals surface area contributed by atoms with E-state index in [0.29, 0.717) is 32.0 Å². The van der Waals surface area contributed by atoms with Gasteiger partial charge < -0.3 is 15.0 Å². The Morgan fingerprint density at radius 3 is 2.56 bits per heavy atom. The average molecular weight is 458 g/mol. The lowest BCUT2D eigenvalue weighted by atomic mass is 9.83. The molecular weight excluding hydrogens is 422 g/mol. The third kappa shape index (κ3) is 5.45. The van der Waals surface area contributed by atoms with E-state index in [2.05, 4.69) is 70.4 Å². The van der Waals surface area contributed by atoms with Crippen LogP contribution in [-0.4, -0.2) is 52.5 Å². The van der Waals surface area contributed by atoms with Crippen LogP contribution in [0, 0.1) is 0 Å². The maximum Gasteiger partial charge on any atom is 0.211 e. The molecule has 0 spiro atoms. The van der Waals surface area contributed by atoms with Gasteiger partial charge in [0.1, 0.15) is 12.4 Å².